The van der Waals surface area contributed by atoms with Crippen LogP contribution in [0.5, 0.6) is 0 Å². The summed E-state index contributed by atoms with van der Waals surface area (Å²) in [4.78, 5) is 0. The molecule has 1 heterocycles. The van der Waals surface area contributed by atoms with Gasteiger partial charge in [0.15, 0.2) is 0 Å². The van der Waals surface area contributed by atoms with Gasteiger partial charge in [-0.1, -0.05) is 6.07 Å². The highest BCUT2D eigenvalue weighted by atomic mass is 35.5. The van der Waals surface area contributed by atoms with E-state index in [-0.39, 0.29) is 0 Å². The number of hydrogen-bond donors (Lipinski definition) is 0. The van der Waals surface area contributed by atoms with Gasteiger partial charge in [0.05, 0.1) is 4.70 Å². The average molecular weight is 184 g/mol. The normalized spacial score (nSPS) is 10.6. The fourth-order valence-electron chi connectivity index (χ4n) is 1.00. The van der Waals surface area contributed by atoms with Crippen LogP contribution in [0.2, 0.25) is 0 Å². The second-order valence-corrected chi connectivity index (χ2v) is 3.43. The number of aromatic nitrogens is 1. The van der Waals surface area contributed by atoms with Gasteiger partial charge in [-0.15, -0.1) is 11.6 Å². The number of rotatable bonds is 1. The molecule has 1 aromatic carbocycles. The van der Waals surface area contributed by atoms with Crippen LogP contribution in [0.15, 0.2) is 24.4 Å². The Bertz CT molecular complexity index is 369. The Hall–Kier alpha value is -0.600. The fraction of sp³-hybridized carbons (Fsp3) is 0.125. The highest BCUT2D eigenvalue weighted by molar-refractivity contribution is 7.13. The lowest BCUT2D eigenvalue weighted by Gasteiger charge is -1.92. The molecule has 11 heavy (non-hydrogen) atoms. The smallest absolute Gasteiger partial charge is 0.0550 e. The largest absolute Gasteiger partial charge is 0.200 e. The highest BCUT2D eigenvalue weighted by Crippen LogP contribution is 2.19. The number of hydrogen-bond acceptors (Lipinski definition) is 2. The van der Waals surface area contributed by atoms with Crippen molar-refractivity contribution in [2.24, 2.45) is 0 Å². The lowest BCUT2D eigenvalue weighted by atomic mass is 10.2. The SMILES string of the molecule is ClCc1ccc2sncc2c1. The number of nitrogens with zero attached hydrogens (tertiary/aromatic N) is 1. The molecule has 1 nitrogen and oxygen atoms in total. The minimum Gasteiger partial charge on any atom is -0.200 e. The van der Waals surface area contributed by atoms with Crippen LogP contribution in [0.3, 0.4) is 0 Å². The van der Waals surface area contributed by atoms with Crippen LogP contribution in [0.4, 0.5) is 0 Å². The molecule has 0 amide bonds. The van der Waals surface area contributed by atoms with E-state index in [9.17, 15) is 0 Å². The molecule has 1 aromatic heterocycles. The Morgan fingerprint density at radius 1 is 1.45 bits per heavy atom. The quantitative estimate of drug-likeness (QED) is 0.620. The van der Waals surface area contributed by atoms with Gasteiger partial charge in [-0.2, -0.15) is 4.37 Å². The van der Waals surface area contributed by atoms with Crippen LogP contribution in [0.1, 0.15) is 5.56 Å². The lowest BCUT2D eigenvalue weighted by molar-refractivity contribution is 1.43. The standard InChI is InChI=1S/C8H6ClNS/c9-4-6-1-2-8-7(3-6)5-10-11-8/h1-3,5H,4H2. The topological polar surface area (TPSA) is 12.9 Å². The summed E-state index contributed by atoms with van der Waals surface area (Å²) in [6.45, 7) is 0. The second kappa shape index (κ2) is 2.80. The Kier molecular flexibility index (Phi) is 1.80. The summed E-state index contributed by atoms with van der Waals surface area (Å²) >= 11 is 7.19. The van der Waals surface area contributed by atoms with Gasteiger partial charge in [0.2, 0.25) is 0 Å². The van der Waals surface area contributed by atoms with E-state index in [0.717, 1.165) is 5.56 Å². The van der Waals surface area contributed by atoms with E-state index >= 15 is 0 Å². The van der Waals surface area contributed by atoms with Gasteiger partial charge in [0.1, 0.15) is 0 Å². The molecule has 0 aliphatic carbocycles. The van der Waals surface area contributed by atoms with Crippen LogP contribution >= 0.6 is 23.1 Å². The maximum absolute atomic E-state index is 5.68. The molecule has 0 radical (unpaired) electrons. The van der Waals surface area contributed by atoms with Crippen molar-refractivity contribution in [3.63, 3.8) is 0 Å². The Labute approximate surface area is 73.8 Å². The molecule has 2 rings (SSSR count). The summed E-state index contributed by atoms with van der Waals surface area (Å²) < 4.78 is 5.30. The van der Waals surface area contributed by atoms with Gasteiger partial charge >= 0.3 is 0 Å². The van der Waals surface area contributed by atoms with Crippen molar-refractivity contribution in [2.45, 2.75) is 5.88 Å². The predicted octanol–water partition coefficient (Wildman–Crippen LogP) is 3.04. The van der Waals surface area contributed by atoms with Crippen molar-refractivity contribution in [3.05, 3.63) is 30.0 Å². The number of fused-ring (bicyclic) bond motifs is 1. The van der Waals surface area contributed by atoms with Crippen molar-refractivity contribution in [1.29, 1.82) is 0 Å². The molecule has 56 valence electrons. The van der Waals surface area contributed by atoms with Gasteiger partial charge in [0, 0.05) is 17.5 Å². The average Bonchev–Trinajstić information content (AvgIpc) is 2.50. The van der Waals surface area contributed by atoms with Gasteiger partial charge in [-0.3, -0.25) is 0 Å². The van der Waals surface area contributed by atoms with E-state index in [4.69, 9.17) is 11.6 Å². The van der Waals surface area contributed by atoms with Gasteiger partial charge in [-0.25, -0.2) is 0 Å². The molecule has 0 saturated carbocycles. The number of alkyl halides is 1. The highest BCUT2D eigenvalue weighted by Gasteiger charge is 1.96. The van der Waals surface area contributed by atoms with Crippen molar-refractivity contribution in [3.8, 4) is 0 Å². The maximum atomic E-state index is 5.68. The van der Waals surface area contributed by atoms with E-state index in [1.165, 1.54) is 21.6 Å². The monoisotopic (exact) mass is 183 g/mol. The van der Waals surface area contributed by atoms with Crippen molar-refractivity contribution < 1.29 is 0 Å². The summed E-state index contributed by atoms with van der Waals surface area (Å²) in [5.74, 6) is 0.575. The number of benzene rings is 1. The van der Waals surface area contributed by atoms with Crippen LogP contribution in [0, 0.1) is 0 Å². The summed E-state index contributed by atoms with van der Waals surface area (Å²) in [6.07, 6.45) is 1.87. The van der Waals surface area contributed by atoms with Crippen LogP contribution in [0.25, 0.3) is 10.1 Å². The molecular weight excluding hydrogens is 178 g/mol. The van der Waals surface area contributed by atoms with E-state index in [1.807, 2.05) is 12.3 Å². The zero-order chi connectivity index (χ0) is 7.68. The first kappa shape index (κ1) is 7.07. The summed E-state index contributed by atoms with van der Waals surface area (Å²) in [7, 11) is 0. The van der Waals surface area contributed by atoms with Crippen molar-refractivity contribution in [1.82, 2.24) is 4.37 Å². The van der Waals surface area contributed by atoms with E-state index in [1.54, 1.807) is 0 Å². The van der Waals surface area contributed by atoms with Crippen LogP contribution in [-0.4, -0.2) is 4.37 Å². The van der Waals surface area contributed by atoms with Crippen LogP contribution in [-0.2, 0) is 5.88 Å². The van der Waals surface area contributed by atoms with E-state index < -0.39 is 0 Å². The van der Waals surface area contributed by atoms with Gasteiger partial charge < -0.3 is 0 Å². The molecule has 0 bridgehead atoms. The third kappa shape index (κ3) is 1.24. The molecule has 3 heteroatoms. The first-order chi connectivity index (χ1) is 5.40. The third-order valence-electron chi connectivity index (χ3n) is 1.57. The summed E-state index contributed by atoms with van der Waals surface area (Å²) in [5.41, 5.74) is 1.15. The second-order valence-electron chi connectivity index (χ2n) is 2.33. The minimum absolute atomic E-state index is 0.575. The minimum atomic E-state index is 0.575. The Morgan fingerprint density at radius 3 is 3.18 bits per heavy atom. The molecule has 2 aromatic rings. The van der Waals surface area contributed by atoms with E-state index in [0.29, 0.717) is 5.88 Å². The lowest BCUT2D eigenvalue weighted by Crippen LogP contribution is -1.73. The predicted molar refractivity (Wildman–Crippen MR) is 49.2 cm³/mol. The Morgan fingerprint density at radius 2 is 2.36 bits per heavy atom. The molecule has 0 aliphatic heterocycles. The molecule has 0 fully saturated rings. The van der Waals surface area contributed by atoms with Gasteiger partial charge in [0.25, 0.3) is 0 Å². The first-order valence-electron chi connectivity index (χ1n) is 3.29. The van der Waals surface area contributed by atoms with Crippen LogP contribution < -0.4 is 0 Å². The third-order valence-corrected chi connectivity index (χ3v) is 2.66. The van der Waals surface area contributed by atoms with Crippen molar-refractivity contribution >= 4 is 33.2 Å². The summed E-state index contributed by atoms with van der Waals surface area (Å²) in [5, 5.41) is 1.19. The molecule has 0 saturated heterocycles. The van der Waals surface area contributed by atoms with Gasteiger partial charge in [-0.05, 0) is 29.2 Å². The number of halogens is 1. The maximum Gasteiger partial charge on any atom is 0.0550 e. The molecular formula is C8H6ClNS. The first-order valence-corrected chi connectivity index (χ1v) is 4.60. The molecule has 0 aliphatic rings. The zero-order valence-corrected chi connectivity index (χ0v) is 7.32. The molecule has 0 unspecified atom stereocenters. The fourth-order valence-corrected chi connectivity index (χ4v) is 1.80. The Balaban J connectivity index is 2.67. The molecule has 0 spiro atoms. The molecule has 0 atom stereocenters. The van der Waals surface area contributed by atoms with Crippen molar-refractivity contribution in [2.75, 3.05) is 0 Å². The molecule has 0 N–H and O–H groups in total. The van der Waals surface area contributed by atoms with E-state index in [2.05, 4.69) is 16.5 Å². The zero-order valence-electron chi connectivity index (χ0n) is 5.75. The summed E-state index contributed by atoms with van der Waals surface area (Å²) in [6, 6.07) is 6.17.